The molecule has 316 valence electrons. The van der Waals surface area contributed by atoms with Gasteiger partial charge in [0.2, 0.25) is 12.2 Å². The number of nitrogens with one attached hydrogen (secondary N) is 2. The zero-order valence-corrected chi connectivity index (χ0v) is 27.3. The molecule has 0 aliphatic heterocycles. The lowest BCUT2D eigenvalue weighted by atomic mass is 10.2. The predicted octanol–water partition coefficient (Wildman–Crippen LogP) is 5.21. The van der Waals surface area contributed by atoms with Crippen molar-refractivity contribution < 1.29 is 121 Å². The van der Waals surface area contributed by atoms with Gasteiger partial charge in [-0.25, -0.2) is 0 Å². The van der Waals surface area contributed by atoms with Crippen LogP contribution in [0.4, 0.5) is 87.8 Å². The predicted molar refractivity (Wildman–Crippen MR) is 134 cm³/mol. The van der Waals surface area contributed by atoms with Gasteiger partial charge in [-0.2, -0.15) is 87.8 Å². The summed E-state index contributed by atoms with van der Waals surface area (Å²) in [6, 6.07) is 0. The fourth-order valence-corrected chi connectivity index (χ4v) is 3.42. The number of likely N-dealkylation sites (N-methyl/N-ethyl adjacent to an activating group) is 2. The van der Waals surface area contributed by atoms with Gasteiger partial charge in [-0.3, -0.25) is 19.1 Å². The minimum absolute atomic E-state index is 0.0343. The average molecular weight is 837 g/mol. The molecule has 0 fully saturated rings. The number of halogens is 20. The van der Waals surface area contributed by atoms with E-state index in [-0.39, 0.29) is 43.8 Å². The number of carbonyl (C=O) groups is 2. The van der Waals surface area contributed by atoms with Crippen molar-refractivity contribution in [1.29, 1.82) is 0 Å². The SMILES string of the molecule is C[N+](C)(CCCNC(=O)C(OC(F)(F)C(F)(F)C(F)(F)F)C(F)(F)F)CCOCC[N+](C)(C)CNC(=O)C(OC(F)(F)C(F)(F)C(F)(F)F)C(F)(F)F. The Morgan fingerprint density at radius 1 is 0.528 bits per heavy atom. The van der Waals surface area contributed by atoms with E-state index in [0.29, 0.717) is 0 Å². The molecular formula is C24H32F20N4O5+2. The molecule has 29 heteroatoms. The topological polar surface area (TPSA) is 85.9 Å². The standard InChI is InChI=1S/C24H30F20N4O5/c1-47(2,7-5-6-45-15(49)13(17(25,26)27)52-23(41,42)19(31,32)21(35,36)37)8-10-51-11-9-48(3,4)12-46-16(50)14(18(28,29)30)53-24(43,44)20(33,34)22(38,39)40/h13-14H,5-12H2,1-4H3/p+2. The fraction of sp³-hybridized carbons (Fsp3) is 0.917. The van der Waals surface area contributed by atoms with Gasteiger partial charge in [-0.05, 0) is 0 Å². The van der Waals surface area contributed by atoms with Gasteiger partial charge in [-0.15, -0.1) is 0 Å². The third kappa shape index (κ3) is 14.5. The molecule has 0 aliphatic rings. The van der Waals surface area contributed by atoms with E-state index >= 15 is 0 Å². The van der Waals surface area contributed by atoms with Gasteiger partial charge in [0.25, 0.3) is 11.8 Å². The maximum atomic E-state index is 13.4. The molecule has 0 rings (SSSR count). The van der Waals surface area contributed by atoms with Gasteiger partial charge in [0.1, 0.15) is 13.1 Å². The highest BCUT2D eigenvalue weighted by Gasteiger charge is 2.77. The second kappa shape index (κ2) is 17.0. The van der Waals surface area contributed by atoms with E-state index in [0.717, 1.165) is 0 Å². The van der Waals surface area contributed by atoms with E-state index in [1.54, 1.807) is 0 Å². The highest BCUT2D eigenvalue weighted by molar-refractivity contribution is 5.82. The molecule has 0 spiro atoms. The number of hydrogen-bond acceptors (Lipinski definition) is 5. The largest absolute Gasteiger partial charge is 0.462 e. The van der Waals surface area contributed by atoms with E-state index in [4.69, 9.17) is 4.74 Å². The number of rotatable bonds is 20. The molecule has 9 nitrogen and oxygen atoms in total. The van der Waals surface area contributed by atoms with Crippen LogP contribution < -0.4 is 10.6 Å². The van der Waals surface area contributed by atoms with Crippen molar-refractivity contribution >= 4 is 11.8 Å². The van der Waals surface area contributed by atoms with Crippen molar-refractivity contribution in [3.8, 4) is 0 Å². The van der Waals surface area contributed by atoms with Gasteiger partial charge in [0.15, 0.2) is 6.67 Å². The van der Waals surface area contributed by atoms with Crippen molar-refractivity contribution in [2.45, 2.75) is 67.4 Å². The van der Waals surface area contributed by atoms with Crippen LogP contribution in [0.5, 0.6) is 0 Å². The Balaban J connectivity index is 4.99. The van der Waals surface area contributed by atoms with E-state index in [9.17, 15) is 97.4 Å². The summed E-state index contributed by atoms with van der Waals surface area (Å²) < 4.78 is 267. The number of hydrogen-bond donors (Lipinski definition) is 2. The van der Waals surface area contributed by atoms with Crippen LogP contribution in [0.1, 0.15) is 6.42 Å². The summed E-state index contributed by atoms with van der Waals surface area (Å²) in [6.45, 7) is -2.18. The minimum atomic E-state index is -7.12. The summed E-state index contributed by atoms with van der Waals surface area (Å²) in [5.41, 5.74) is 0. The lowest BCUT2D eigenvalue weighted by Gasteiger charge is -2.33. The Bertz CT molecular complexity index is 1200. The first-order valence-electron chi connectivity index (χ1n) is 14.1. The van der Waals surface area contributed by atoms with Crippen LogP contribution in [0, 0.1) is 0 Å². The van der Waals surface area contributed by atoms with E-state index in [1.807, 2.05) is 0 Å². The second-order valence-electron chi connectivity index (χ2n) is 12.3. The van der Waals surface area contributed by atoms with Crippen LogP contribution in [-0.2, 0) is 23.8 Å². The van der Waals surface area contributed by atoms with Gasteiger partial charge in [-0.1, -0.05) is 0 Å². The molecule has 0 heterocycles. The Labute approximate surface area is 285 Å². The summed E-state index contributed by atoms with van der Waals surface area (Å²) in [4.78, 5) is 23.7. The van der Waals surface area contributed by atoms with Gasteiger partial charge in [0, 0.05) is 13.0 Å². The molecule has 0 aromatic rings. The molecule has 0 aliphatic carbocycles. The lowest BCUT2D eigenvalue weighted by molar-refractivity contribution is -0.895. The Hall–Kier alpha value is -2.66. The minimum Gasteiger partial charge on any atom is -0.370 e. The van der Waals surface area contributed by atoms with E-state index in [1.165, 1.54) is 38.8 Å². The number of ether oxygens (including phenoxy) is 3. The van der Waals surface area contributed by atoms with Crippen LogP contribution in [0.15, 0.2) is 0 Å². The summed E-state index contributed by atoms with van der Waals surface area (Å²) in [5.74, 6) is -19.3. The normalized spacial score (nSPS) is 16.0. The molecule has 2 N–H and O–H groups in total. The summed E-state index contributed by atoms with van der Waals surface area (Å²) in [5, 5.41) is 2.86. The third-order valence-electron chi connectivity index (χ3n) is 6.65. The maximum absolute atomic E-state index is 13.4. The highest BCUT2D eigenvalue weighted by Crippen LogP contribution is 2.49. The van der Waals surface area contributed by atoms with Crippen LogP contribution in [-0.4, -0.2) is 156 Å². The van der Waals surface area contributed by atoms with Crippen molar-refractivity contribution in [3.05, 3.63) is 0 Å². The van der Waals surface area contributed by atoms with Crippen LogP contribution in [0.25, 0.3) is 0 Å². The summed E-state index contributed by atoms with van der Waals surface area (Å²) in [7, 11) is 5.39. The first kappa shape index (κ1) is 50.3. The first-order chi connectivity index (χ1) is 23.2. The number of carbonyl (C=O) groups excluding carboxylic acids is 2. The quantitative estimate of drug-likeness (QED) is 0.0763. The lowest BCUT2D eigenvalue weighted by Crippen LogP contribution is -2.60. The molecule has 2 unspecified atom stereocenters. The van der Waals surface area contributed by atoms with Crippen molar-refractivity contribution in [1.82, 2.24) is 10.6 Å². The third-order valence-corrected chi connectivity index (χ3v) is 6.65. The smallest absolute Gasteiger partial charge is 0.370 e. The summed E-state index contributed by atoms with van der Waals surface area (Å²) >= 11 is 0. The Kier molecular flexibility index (Phi) is 16.2. The average Bonchev–Trinajstić information content (AvgIpc) is 2.92. The molecule has 0 aromatic heterocycles. The molecule has 2 amide bonds. The molecule has 0 bridgehead atoms. The van der Waals surface area contributed by atoms with Crippen LogP contribution >= 0.6 is 0 Å². The Morgan fingerprint density at radius 2 is 0.868 bits per heavy atom. The molecule has 0 radical (unpaired) electrons. The number of alkyl halides is 20. The van der Waals surface area contributed by atoms with Crippen LogP contribution in [0.3, 0.4) is 0 Å². The molecule has 0 aromatic carbocycles. The van der Waals surface area contributed by atoms with E-state index in [2.05, 4.69) is 9.47 Å². The van der Waals surface area contributed by atoms with Crippen molar-refractivity contribution in [2.75, 3.05) is 74.3 Å². The van der Waals surface area contributed by atoms with E-state index < -0.39 is 90.5 Å². The molecule has 0 saturated heterocycles. The van der Waals surface area contributed by atoms with Gasteiger partial charge >= 0.3 is 48.8 Å². The van der Waals surface area contributed by atoms with Gasteiger partial charge < -0.3 is 24.3 Å². The zero-order valence-electron chi connectivity index (χ0n) is 27.3. The zero-order chi connectivity index (χ0) is 42.5. The maximum Gasteiger partial charge on any atom is 0.462 e. The summed E-state index contributed by atoms with van der Waals surface area (Å²) in [6.07, 6.45) is -49.2. The Morgan fingerprint density at radius 3 is 1.21 bits per heavy atom. The molecule has 2 atom stereocenters. The number of quaternary nitrogens is 2. The molecule has 0 saturated carbocycles. The first-order valence-corrected chi connectivity index (χ1v) is 14.1. The number of nitrogens with zero attached hydrogens (tertiary/aromatic N) is 2. The van der Waals surface area contributed by atoms with Crippen LogP contribution in [0.2, 0.25) is 0 Å². The molecular weight excluding hydrogens is 804 g/mol. The monoisotopic (exact) mass is 836 g/mol. The second-order valence-corrected chi connectivity index (χ2v) is 12.3. The number of amides is 2. The van der Waals surface area contributed by atoms with Gasteiger partial charge in [0.05, 0.1) is 47.9 Å². The molecule has 53 heavy (non-hydrogen) atoms. The fourth-order valence-electron chi connectivity index (χ4n) is 3.42. The van der Waals surface area contributed by atoms with Crippen molar-refractivity contribution in [2.24, 2.45) is 0 Å². The van der Waals surface area contributed by atoms with Crippen molar-refractivity contribution in [3.63, 3.8) is 0 Å². The highest BCUT2D eigenvalue weighted by atomic mass is 19.4.